The normalized spacial score (nSPS) is 33.2. The summed E-state index contributed by atoms with van der Waals surface area (Å²) in [5.41, 5.74) is -0.258. The molecule has 6 heteroatoms. The summed E-state index contributed by atoms with van der Waals surface area (Å²) in [6.07, 6.45) is 3.31. The fourth-order valence-corrected chi connectivity index (χ4v) is 3.94. The molecule has 3 heterocycles. The third kappa shape index (κ3) is 1.83. The molecule has 4 rings (SSSR count). The number of para-hydroxylation sites is 1. The van der Waals surface area contributed by atoms with Crippen LogP contribution in [0.2, 0.25) is 0 Å². The number of carbonyl (C=O) groups is 3. The standard InChI is InChI=1S/C18H17NO5/c1-3-23-17(22)10-6-4-5-7-11(10)19-15(20)13-12-8-9-18(2,24-12)14(13)16(19)21/h4-9,12-14H,3H2,1-2H3/t12-,13+,14+,18-/m1/s1. The summed E-state index contributed by atoms with van der Waals surface area (Å²) in [5.74, 6) is -2.26. The number of benzene rings is 1. The SMILES string of the molecule is CCOC(=O)c1ccccc1N1C(=O)[C@@H]2[C@@H](C1=O)[C@@]1(C)C=C[C@H]2O1. The molecule has 0 saturated carbocycles. The molecule has 0 spiro atoms. The van der Waals surface area contributed by atoms with Gasteiger partial charge in [0.05, 0.1) is 41.4 Å². The van der Waals surface area contributed by atoms with Gasteiger partial charge in [-0.25, -0.2) is 9.69 Å². The molecule has 0 aliphatic carbocycles. The van der Waals surface area contributed by atoms with Gasteiger partial charge < -0.3 is 9.47 Å². The van der Waals surface area contributed by atoms with E-state index in [2.05, 4.69) is 0 Å². The van der Waals surface area contributed by atoms with E-state index in [-0.39, 0.29) is 35.8 Å². The molecule has 2 bridgehead atoms. The maximum atomic E-state index is 13.0. The Balaban J connectivity index is 1.76. The Morgan fingerprint density at radius 2 is 2.04 bits per heavy atom. The molecule has 3 aliphatic heterocycles. The average molecular weight is 327 g/mol. The van der Waals surface area contributed by atoms with E-state index >= 15 is 0 Å². The van der Waals surface area contributed by atoms with Crippen LogP contribution in [0.4, 0.5) is 5.69 Å². The lowest BCUT2D eigenvalue weighted by molar-refractivity contribution is -0.126. The van der Waals surface area contributed by atoms with Gasteiger partial charge in [-0.3, -0.25) is 9.59 Å². The Hall–Kier alpha value is -2.47. The Kier molecular flexibility index (Phi) is 3.15. The summed E-state index contributed by atoms with van der Waals surface area (Å²) in [6, 6.07) is 6.53. The van der Waals surface area contributed by atoms with E-state index in [0.29, 0.717) is 0 Å². The summed E-state index contributed by atoms with van der Waals surface area (Å²) < 4.78 is 10.8. The fraction of sp³-hybridized carbons (Fsp3) is 0.389. The predicted octanol–water partition coefficient (Wildman–Crippen LogP) is 1.70. The molecule has 0 aromatic heterocycles. The second-order valence-electron chi connectivity index (χ2n) is 6.38. The fourth-order valence-electron chi connectivity index (χ4n) is 3.94. The van der Waals surface area contributed by atoms with Crippen molar-refractivity contribution in [3.63, 3.8) is 0 Å². The smallest absolute Gasteiger partial charge is 0.340 e. The summed E-state index contributed by atoms with van der Waals surface area (Å²) in [6.45, 7) is 3.75. The number of carbonyl (C=O) groups excluding carboxylic acids is 3. The van der Waals surface area contributed by atoms with Crippen LogP contribution >= 0.6 is 0 Å². The van der Waals surface area contributed by atoms with Crippen LogP contribution in [0.25, 0.3) is 0 Å². The zero-order valence-corrected chi connectivity index (χ0v) is 13.4. The van der Waals surface area contributed by atoms with Gasteiger partial charge in [-0.2, -0.15) is 0 Å². The first-order chi connectivity index (χ1) is 11.5. The Bertz CT molecular complexity index is 785. The van der Waals surface area contributed by atoms with Crippen molar-refractivity contribution in [1.29, 1.82) is 0 Å². The van der Waals surface area contributed by atoms with Crippen molar-refractivity contribution < 1.29 is 23.9 Å². The zero-order valence-electron chi connectivity index (χ0n) is 13.4. The number of hydrogen-bond acceptors (Lipinski definition) is 5. The minimum atomic E-state index is -0.754. The van der Waals surface area contributed by atoms with Crippen molar-refractivity contribution in [2.75, 3.05) is 11.5 Å². The Morgan fingerprint density at radius 1 is 1.29 bits per heavy atom. The average Bonchev–Trinajstić information content (AvgIpc) is 3.17. The molecule has 3 aliphatic rings. The zero-order chi connectivity index (χ0) is 17.1. The van der Waals surface area contributed by atoms with Crippen LogP contribution in [0.15, 0.2) is 36.4 Å². The first-order valence-corrected chi connectivity index (χ1v) is 7.99. The third-order valence-corrected chi connectivity index (χ3v) is 4.97. The Morgan fingerprint density at radius 3 is 2.75 bits per heavy atom. The van der Waals surface area contributed by atoms with E-state index in [1.807, 2.05) is 19.1 Å². The van der Waals surface area contributed by atoms with E-state index in [0.717, 1.165) is 4.90 Å². The van der Waals surface area contributed by atoms with E-state index in [1.165, 1.54) is 0 Å². The number of nitrogens with zero attached hydrogens (tertiary/aromatic N) is 1. The molecule has 2 amide bonds. The predicted molar refractivity (Wildman–Crippen MR) is 84.3 cm³/mol. The topological polar surface area (TPSA) is 72.9 Å². The monoisotopic (exact) mass is 327 g/mol. The van der Waals surface area contributed by atoms with Crippen molar-refractivity contribution >= 4 is 23.5 Å². The van der Waals surface area contributed by atoms with Crippen molar-refractivity contribution in [3.8, 4) is 0 Å². The van der Waals surface area contributed by atoms with Gasteiger partial charge in [-0.15, -0.1) is 0 Å². The van der Waals surface area contributed by atoms with Crippen molar-refractivity contribution in [2.24, 2.45) is 11.8 Å². The molecule has 0 unspecified atom stereocenters. The van der Waals surface area contributed by atoms with Crippen LogP contribution in [-0.2, 0) is 19.1 Å². The van der Waals surface area contributed by atoms with Gasteiger partial charge in [0.2, 0.25) is 11.8 Å². The molecule has 0 radical (unpaired) electrons. The lowest BCUT2D eigenvalue weighted by Crippen LogP contribution is -2.39. The second kappa shape index (κ2) is 5.01. The van der Waals surface area contributed by atoms with Gasteiger partial charge in [0.15, 0.2) is 0 Å². The largest absolute Gasteiger partial charge is 0.462 e. The van der Waals surface area contributed by atoms with Gasteiger partial charge in [0.25, 0.3) is 0 Å². The minimum absolute atomic E-state index is 0.215. The molecule has 4 atom stereocenters. The van der Waals surface area contributed by atoms with Gasteiger partial charge in [-0.05, 0) is 26.0 Å². The summed E-state index contributed by atoms with van der Waals surface area (Å²) >= 11 is 0. The molecule has 2 fully saturated rings. The number of anilines is 1. The van der Waals surface area contributed by atoms with E-state index in [1.54, 1.807) is 31.2 Å². The maximum Gasteiger partial charge on any atom is 0.340 e. The van der Waals surface area contributed by atoms with Gasteiger partial charge >= 0.3 is 5.97 Å². The van der Waals surface area contributed by atoms with Crippen LogP contribution in [-0.4, -0.2) is 36.1 Å². The number of imide groups is 1. The summed E-state index contributed by atoms with van der Waals surface area (Å²) in [5, 5.41) is 0. The molecule has 24 heavy (non-hydrogen) atoms. The van der Waals surface area contributed by atoms with E-state index in [9.17, 15) is 14.4 Å². The van der Waals surface area contributed by atoms with Gasteiger partial charge in [-0.1, -0.05) is 24.3 Å². The number of rotatable bonds is 3. The van der Waals surface area contributed by atoms with Crippen LogP contribution in [0.1, 0.15) is 24.2 Å². The second-order valence-corrected chi connectivity index (χ2v) is 6.38. The summed E-state index contributed by atoms with van der Waals surface area (Å²) in [7, 11) is 0. The molecule has 1 aromatic carbocycles. The quantitative estimate of drug-likeness (QED) is 0.480. The summed E-state index contributed by atoms with van der Waals surface area (Å²) in [4.78, 5) is 39.2. The lowest BCUT2D eigenvalue weighted by atomic mass is 9.78. The number of hydrogen-bond donors (Lipinski definition) is 0. The van der Waals surface area contributed by atoms with Crippen molar-refractivity contribution in [1.82, 2.24) is 0 Å². The molecular weight excluding hydrogens is 310 g/mol. The minimum Gasteiger partial charge on any atom is -0.462 e. The third-order valence-electron chi connectivity index (χ3n) is 4.97. The van der Waals surface area contributed by atoms with Gasteiger partial charge in [0.1, 0.15) is 0 Å². The van der Waals surface area contributed by atoms with Crippen molar-refractivity contribution in [2.45, 2.75) is 25.6 Å². The van der Waals surface area contributed by atoms with Crippen molar-refractivity contribution in [3.05, 3.63) is 42.0 Å². The number of ether oxygens (including phenoxy) is 2. The Labute approximate surface area is 139 Å². The molecule has 124 valence electrons. The highest BCUT2D eigenvalue weighted by Crippen LogP contribution is 2.52. The lowest BCUT2D eigenvalue weighted by Gasteiger charge is -2.24. The van der Waals surface area contributed by atoms with E-state index < -0.39 is 23.4 Å². The highest BCUT2D eigenvalue weighted by atomic mass is 16.5. The molecule has 2 saturated heterocycles. The van der Waals surface area contributed by atoms with Crippen LogP contribution < -0.4 is 4.90 Å². The number of amides is 2. The molecule has 1 aromatic rings. The number of esters is 1. The maximum absolute atomic E-state index is 13.0. The van der Waals surface area contributed by atoms with E-state index in [4.69, 9.17) is 9.47 Å². The molecule has 0 N–H and O–H groups in total. The van der Waals surface area contributed by atoms with Gasteiger partial charge in [0, 0.05) is 0 Å². The van der Waals surface area contributed by atoms with Crippen LogP contribution in [0, 0.1) is 11.8 Å². The van der Waals surface area contributed by atoms with Crippen LogP contribution in [0.5, 0.6) is 0 Å². The first-order valence-electron chi connectivity index (χ1n) is 7.99. The highest BCUT2D eigenvalue weighted by molar-refractivity contribution is 6.25. The molecular formula is C18H17NO5. The highest BCUT2D eigenvalue weighted by Gasteiger charge is 2.66. The molecule has 6 nitrogen and oxygen atoms in total. The first kappa shape index (κ1) is 15.1. The number of fused-ring (bicyclic) bond motifs is 5. The van der Waals surface area contributed by atoms with Crippen LogP contribution in [0.3, 0.4) is 0 Å².